The number of carbonyl (C=O) groups is 1. The summed E-state index contributed by atoms with van der Waals surface area (Å²) < 4.78 is 10.6. The number of likely N-dealkylation sites (N-methyl/N-ethyl adjacent to an activating group) is 1. The third-order valence-electron chi connectivity index (χ3n) is 4.73. The number of ether oxygens (including phenoxy) is 2. The summed E-state index contributed by atoms with van der Waals surface area (Å²) in [4.78, 5) is 15.1. The number of likely N-dealkylation sites (tertiary alicyclic amines) is 1. The molecule has 134 valence electrons. The lowest BCUT2D eigenvalue weighted by Crippen LogP contribution is -2.40. The Balaban J connectivity index is 2.24. The summed E-state index contributed by atoms with van der Waals surface area (Å²) in [5.74, 6) is 0.351. The van der Waals surface area contributed by atoms with E-state index < -0.39 is 0 Å². The van der Waals surface area contributed by atoms with Crippen LogP contribution in [0.2, 0.25) is 0 Å². The van der Waals surface area contributed by atoms with Gasteiger partial charge in [-0.15, -0.1) is 0 Å². The number of aryl methyl sites for hydroxylation is 1. The second-order valence-electron chi connectivity index (χ2n) is 5.98. The van der Waals surface area contributed by atoms with E-state index in [1.165, 1.54) is 14.2 Å². The summed E-state index contributed by atoms with van der Waals surface area (Å²) in [6.45, 7) is 6.66. The molecule has 1 atom stereocenters. The smallest absolute Gasteiger partial charge is 0.259 e. The molecule has 1 aromatic carbocycles. The highest BCUT2D eigenvalue weighted by molar-refractivity contribution is 6.01. The van der Waals surface area contributed by atoms with Gasteiger partial charge in [0.15, 0.2) is 11.5 Å². The fourth-order valence-electron chi connectivity index (χ4n) is 3.36. The van der Waals surface area contributed by atoms with Crippen molar-refractivity contribution in [2.24, 2.45) is 0 Å². The topological polar surface area (TPSA) is 71.0 Å². The van der Waals surface area contributed by atoms with Crippen molar-refractivity contribution < 1.29 is 19.4 Å². The van der Waals surface area contributed by atoms with Crippen LogP contribution in [0.3, 0.4) is 0 Å². The first-order valence-electron chi connectivity index (χ1n) is 8.56. The SMILES string of the molecule is CCc1cc(OC)c(OC)c(C(=O)NCC2CCCN2CC)c1O. The zero-order chi connectivity index (χ0) is 17.7. The Kier molecular flexibility index (Phi) is 6.31. The summed E-state index contributed by atoms with van der Waals surface area (Å²) >= 11 is 0. The van der Waals surface area contributed by atoms with E-state index in [1.54, 1.807) is 6.07 Å². The molecule has 1 heterocycles. The maximum Gasteiger partial charge on any atom is 0.259 e. The maximum absolute atomic E-state index is 12.7. The molecule has 0 saturated carbocycles. The Labute approximate surface area is 143 Å². The third-order valence-corrected chi connectivity index (χ3v) is 4.73. The molecule has 0 aliphatic carbocycles. The van der Waals surface area contributed by atoms with E-state index in [9.17, 15) is 9.90 Å². The van der Waals surface area contributed by atoms with Crippen LogP contribution in [0, 0.1) is 0 Å². The van der Waals surface area contributed by atoms with Crippen molar-refractivity contribution in [3.8, 4) is 17.2 Å². The molecule has 6 nitrogen and oxygen atoms in total. The number of rotatable bonds is 7. The predicted octanol–water partition coefficient (Wildman–Crippen LogP) is 2.19. The molecule has 2 N–H and O–H groups in total. The Morgan fingerprint density at radius 2 is 2.12 bits per heavy atom. The van der Waals surface area contributed by atoms with Gasteiger partial charge in [0, 0.05) is 12.6 Å². The van der Waals surface area contributed by atoms with Crippen LogP contribution in [-0.2, 0) is 6.42 Å². The first-order chi connectivity index (χ1) is 11.6. The fourth-order valence-corrected chi connectivity index (χ4v) is 3.36. The van der Waals surface area contributed by atoms with Crippen molar-refractivity contribution >= 4 is 5.91 Å². The van der Waals surface area contributed by atoms with Crippen LogP contribution < -0.4 is 14.8 Å². The maximum atomic E-state index is 12.7. The van der Waals surface area contributed by atoms with Gasteiger partial charge in [-0.2, -0.15) is 0 Å². The number of carbonyl (C=O) groups excluding carboxylic acids is 1. The van der Waals surface area contributed by atoms with Crippen molar-refractivity contribution in [1.82, 2.24) is 10.2 Å². The Morgan fingerprint density at radius 1 is 1.38 bits per heavy atom. The van der Waals surface area contributed by atoms with Crippen molar-refractivity contribution in [1.29, 1.82) is 0 Å². The summed E-state index contributed by atoms with van der Waals surface area (Å²) in [5, 5.41) is 13.4. The van der Waals surface area contributed by atoms with Crippen LogP contribution in [0.5, 0.6) is 17.2 Å². The Hall–Kier alpha value is -1.95. The summed E-state index contributed by atoms with van der Waals surface area (Å²) in [6, 6.07) is 2.06. The van der Waals surface area contributed by atoms with Crippen molar-refractivity contribution in [2.45, 2.75) is 39.2 Å². The number of phenols is 1. The van der Waals surface area contributed by atoms with Crippen LogP contribution in [-0.4, -0.2) is 55.8 Å². The molecule has 0 bridgehead atoms. The van der Waals surface area contributed by atoms with E-state index in [4.69, 9.17) is 9.47 Å². The van der Waals surface area contributed by atoms with E-state index in [0.29, 0.717) is 30.3 Å². The van der Waals surface area contributed by atoms with Gasteiger partial charge >= 0.3 is 0 Å². The molecule has 1 unspecified atom stereocenters. The van der Waals surface area contributed by atoms with E-state index in [-0.39, 0.29) is 23.0 Å². The molecule has 1 fully saturated rings. The van der Waals surface area contributed by atoms with E-state index in [2.05, 4.69) is 17.1 Å². The van der Waals surface area contributed by atoms with E-state index in [0.717, 1.165) is 25.9 Å². The number of nitrogens with zero attached hydrogens (tertiary/aromatic N) is 1. The predicted molar refractivity (Wildman–Crippen MR) is 93.2 cm³/mol. The number of phenolic OH excluding ortho intramolecular Hbond substituents is 1. The molecular formula is C18H28N2O4. The number of nitrogens with one attached hydrogen (secondary N) is 1. The number of methoxy groups -OCH3 is 2. The first-order valence-corrected chi connectivity index (χ1v) is 8.56. The molecule has 2 rings (SSSR count). The van der Waals surface area contributed by atoms with Gasteiger partial charge in [-0.05, 0) is 44.0 Å². The quantitative estimate of drug-likeness (QED) is 0.799. The van der Waals surface area contributed by atoms with Crippen molar-refractivity contribution in [2.75, 3.05) is 33.9 Å². The van der Waals surface area contributed by atoms with Gasteiger partial charge in [-0.3, -0.25) is 9.69 Å². The molecule has 0 aromatic heterocycles. The zero-order valence-electron chi connectivity index (χ0n) is 15.0. The van der Waals surface area contributed by atoms with E-state index >= 15 is 0 Å². The van der Waals surface area contributed by atoms with E-state index in [1.807, 2.05) is 6.92 Å². The van der Waals surface area contributed by atoms with Crippen LogP contribution in [0.15, 0.2) is 6.07 Å². The average Bonchev–Trinajstić information content (AvgIpc) is 3.06. The largest absolute Gasteiger partial charge is 0.507 e. The molecule has 24 heavy (non-hydrogen) atoms. The Morgan fingerprint density at radius 3 is 2.71 bits per heavy atom. The minimum atomic E-state index is -0.332. The van der Waals surface area contributed by atoms with Gasteiger partial charge in [0.1, 0.15) is 11.3 Å². The highest BCUT2D eigenvalue weighted by atomic mass is 16.5. The standard InChI is InChI=1S/C18H28N2O4/c1-5-12-10-14(23-3)17(24-4)15(16(12)21)18(22)19-11-13-8-7-9-20(13)6-2/h10,13,21H,5-9,11H2,1-4H3,(H,19,22). The number of aromatic hydroxyl groups is 1. The first kappa shape index (κ1) is 18.4. The summed E-state index contributed by atoms with van der Waals surface area (Å²) in [6.07, 6.45) is 2.83. The monoisotopic (exact) mass is 336 g/mol. The molecule has 0 radical (unpaired) electrons. The van der Waals surface area contributed by atoms with Gasteiger partial charge < -0.3 is 19.9 Å². The van der Waals surface area contributed by atoms with Gasteiger partial charge in [-0.25, -0.2) is 0 Å². The molecule has 6 heteroatoms. The van der Waals surface area contributed by atoms with Gasteiger partial charge in [0.25, 0.3) is 5.91 Å². The zero-order valence-corrected chi connectivity index (χ0v) is 15.0. The normalized spacial score (nSPS) is 17.8. The fraction of sp³-hybridized carbons (Fsp3) is 0.611. The number of hydrogen-bond donors (Lipinski definition) is 2. The van der Waals surface area contributed by atoms with Crippen molar-refractivity contribution in [3.05, 3.63) is 17.2 Å². The number of benzene rings is 1. The lowest BCUT2D eigenvalue weighted by atomic mass is 10.0. The van der Waals surface area contributed by atoms with Gasteiger partial charge in [-0.1, -0.05) is 13.8 Å². The molecule has 1 saturated heterocycles. The molecule has 1 aromatic rings. The highest BCUT2D eigenvalue weighted by Gasteiger charge is 2.27. The lowest BCUT2D eigenvalue weighted by Gasteiger charge is -2.23. The third kappa shape index (κ3) is 3.59. The van der Waals surface area contributed by atoms with Gasteiger partial charge in [0.05, 0.1) is 14.2 Å². The molecule has 1 aliphatic heterocycles. The second-order valence-corrected chi connectivity index (χ2v) is 5.98. The van der Waals surface area contributed by atoms with Crippen LogP contribution >= 0.6 is 0 Å². The molecule has 1 amide bonds. The summed E-state index contributed by atoms with van der Waals surface area (Å²) in [5.41, 5.74) is 0.809. The lowest BCUT2D eigenvalue weighted by molar-refractivity contribution is 0.0934. The van der Waals surface area contributed by atoms with Crippen molar-refractivity contribution in [3.63, 3.8) is 0 Å². The number of amides is 1. The minimum absolute atomic E-state index is 0.0357. The Bertz CT molecular complexity index is 589. The van der Waals surface area contributed by atoms with Crippen LogP contribution in [0.25, 0.3) is 0 Å². The molecular weight excluding hydrogens is 308 g/mol. The molecule has 1 aliphatic rings. The van der Waals surface area contributed by atoms with Gasteiger partial charge in [0.2, 0.25) is 0 Å². The minimum Gasteiger partial charge on any atom is -0.507 e. The molecule has 0 spiro atoms. The summed E-state index contributed by atoms with van der Waals surface area (Å²) in [7, 11) is 2.99. The van der Waals surface area contributed by atoms with Crippen LogP contribution in [0.1, 0.15) is 42.6 Å². The second kappa shape index (κ2) is 8.24. The number of hydrogen-bond acceptors (Lipinski definition) is 5. The highest BCUT2D eigenvalue weighted by Crippen LogP contribution is 2.40. The van der Waals surface area contributed by atoms with Crippen LogP contribution in [0.4, 0.5) is 0 Å². The average molecular weight is 336 g/mol.